The number of ether oxygens (including phenoxy) is 1. The minimum atomic E-state index is -1.05. The molecule has 1 atom stereocenters. The van der Waals surface area contributed by atoms with Gasteiger partial charge in [-0.05, 0) is 72.6 Å². The molecule has 2 amide bonds. The summed E-state index contributed by atoms with van der Waals surface area (Å²) in [5.74, 6) is -0.865. The number of carboxylic acid groups (broad SMARTS) is 1. The van der Waals surface area contributed by atoms with Crippen LogP contribution in [0.5, 0.6) is 5.75 Å². The zero-order chi connectivity index (χ0) is 26.4. The van der Waals surface area contributed by atoms with Gasteiger partial charge in [-0.2, -0.15) is 0 Å². The highest BCUT2D eigenvalue weighted by atomic mass is 35.5. The molecule has 0 saturated carbocycles. The van der Waals surface area contributed by atoms with Crippen molar-refractivity contribution in [3.05, 3.63) is 88.9 Å². The van der Waals surface area contributed by atoms with Gasteiger partial charge in [-0.3, -0.25) is 14.5 Å². The summed E-state index contributed by atoms with van der Waals surface area (Å²) in [7, 11) is 1.61. The smallest absolute Gasteiger partial charge is 0.335 e. The molecule has 4 rings (SSSR count). The molecule has 1 heterocycles. The largest absolute Gasteiger partial charge is 0.497 e. The highest BCUT2D eigenvalue weighted by Crippen LogP contribution is 2.30. The Kier molecular flexibility index (Phi) is 8.47. The standard InChI is InChI=1S/C27H24ClN3O5S/c1-36-22-12-2-17(3-13-22)14-15-31-24(32)16-23(37-27(31)30-21-10-6-19(28)7-11-21)25(33)29-20-8-4-18(5-9-20)26(34)35/h2-13,23H,14-16H2,1H3,(H,29,33)(H,34,35). The Morgan fingerprint density at radius 1 is 1.08 bits per heavy atom. The third-order valence-electron chi connectivity index (χ3n) is 5.67. The van der Waals surface area contributed by atoms with Gasteiger partial charge in [-0.1, -0.05) is 35.5 Å². The molecule has 10 heteroatoms. The summed E-state index contributed by atoms with van der Waals surface area (Å²) in [5.41, 5.74) is 2.21. The van der Waals surface area contributed by atoms with Crippen LogP contribution < -0.4 is 10.1 Å². The number of hydrogen-bond donors (Lipinski definition) is 2. The maximum absolute atomic E-state index is 13.2. The summed E-state index contributed by atoms with van der Waals surface area (Å²) in [6, 6.07) is 20.4. The number of nitrogens with zero attached hydrogens (tertiary/aromatic N) is 2. The summed E-state index contributed by atoms with van der Waals surface area (Å²) < 4.78 is 5.21. The molecular formula is C27H24ClN3O5S. The number of thioether (sulfide) groups is 1. The van der Waals surface area contributed by atoms with Gasteiger partial charge >= 0.3 is 5.97 Å². The lowest BCUT2D eigenvalue weighted by atomic mass is 10.1. The first-order valence-corrected chi connectivity index (χ1v) is 12.7. The first kappa shape index (κ1) is 26.2. The fraction of sp³-hybridized carbons (Fsp3) is 0.185. The molecule has 0 spiro atoms. The monoisotopic (exact) mass is 537 g/mol. The van der Waals surface area contributed by atoms with E-state index in [4.69, 9.17) is 21.4 Å². The number of rotatable bonds is 8. The number of methoxy groups -OCH3 is 1. The van der Waals surface area contributed by atoms with Crippen molar-refractivity contribution in [3.8, 4) is 5.75 Å². The van der Waals surface area contributed by atoms with Crippen LogP contribution in [-0.2, 0) is 16.0 Å². The number of halogens is 1. The van der Waals surface area contributed by atoms with Gasteiger partial charge in [-0.15, -0.1) is 0 Å². The highest BCUT2D eigenvalue weighted by Gasteiger charge is 2.35. The minimum Gasteiger partial charge on any atom is -0.497 e. The molecular weight excluding hydrogens is 514 g/mol. The molecule has 1 aliphatic heterocycles. The normalized spacial score (nSPS) is 16.5. The van der Waals surface area contributed by atoms with E-state index in [9.17, 15) is 14.4 Å². The zero-order valence-electron chi connectivity index (χ0n) is 19.9. The van der Waals surface area contributed by atoms with E-state index in [1.807, 2.05) is 24.3 Å². The Morgan fingerprint density at radius 3 is 2.38 bits per heavy atom. The third-order valence-corrected chi connectivity index (χ3v) is 7.11. The van der Waals surface area contributed by atoms with Gasteiger partial charge in [0.05, 0.1) is 18.4 Å². The minimum absolute atomic E-state index is 0.00591. The van der Waals surface area contributed by atoms with Gasteiger partial charge < -0.3 is 15.2 Å². The molecule has 3 aromatic carbocycles. The average Bonchev–Trinajstić information content (AvgIpc) is 2.90. The van der Waals surface area contributed by atoms with Crippen molar-refractivity contribution in [2.75, 3.05) is 19.0 Å². The summed E-state index contributed by atoms with van der Waals surface area (Å²) >= 11 is 7.22. The van der Waals surface area contributed by atoms with Crippen LogP contribution in [0.2, 0.25) is 5.02 Å². The molecule has 0 bridgehead atoms. The van der Waals surface area contributed by atoms with Crippen molar-refractivity contribution in [1.29, 1.82) is 0 Å². The van der Waals surface area contributed by atoms with Crippen molar-refractivity contribution in [3.63, 3.8) is 0 Å². The lowest BCUT2D eigenvalue weighted by Gasteiger charge is -2.32. The predicted octanol–water partition coefficient (Wildman–Crippen LogP) is 5.25. The van der Waals surface area contributed by atoms with Crippen LogP contribution >= 0.6 is 23.4 Å². The summed E-state index contributed by atoms with van der Waals surface area (Å²) in [5, 5.41) is 12.1. The Bertz CT molecular complexity index is 1310. The number of aromatic carboxylic acids is 1. The Morgan fingerprint density at radius 2 is 1.76 bits per heavy atom. The van der Waals surface area contributed by atoms with Crippen molar-refractivity contribution in [1.82, 2.24) is 4.90 Å². The maximum atomic E-state index is 13.2. The third kappa shape index (κ3) is 6.90. The van der Waals surface area contributed by atoms with E-state index in [1.165, 1.54) is 36.0 Å². The van der Waals surface area contributed by atoms with Crippen LogP contribution in [0.25, 0.3) is 0 Å². The summed E-state index contributed by atoms with van der Waals surface area (Å²) in [6.45, 7) is 0.398. The average molecular weight is 538 g/mol. The quantitative estimate of drug-likeness (QED) is 0.406. The lowest BCUT2D eigenvalue weighted by Crippen LogP contribution is -2.46. The fourth-order valence-corrected chi connectivity index (χ4v) is 4.89. The second-order valence-electron chi connectivity index (χ2n) is 8.20. The predicted molar refractivity (Wildman–Crippen MR) is 145 cm³/mol. The maximum Gasteiger partial charge on any atom is 0.335 e. The van der Waals surface area contributed by atoms with E-state index in [0.29, 0.717) is 34.5 Å². The second-order valence-corrected chi connectivity index (χ2v) is 9.80. The molecule has 0 aliphatic carbocycles. The first-order chi connectivity index (χ1) is 17.8. The number of aliphatic imine (C=N–C) groups is 1. The van der Waals surface area contributed by atoms with Crippen LogP contribution in [0.3, 0.4) is 0 Å². The van der Waals surface area contributed by atoms with Crippen molar-refractivity contribution < 1.29 is 24.2 Å². The second kappa shape index (κ2) is 11.9. The number of anilines is 1. The molecule has 1 aliphatic rings. The van der Waals surface area contributed by atoms with Gasteiger partial charge in [0, 0.05) is 23.7 Å². The summed E-state index contributed by atoms with van der Waals surface area (Å²) in [4.78, 5) is 43.6. The SMILES string of the molecule is COc1ccc(CCN2C(=O)CC(C(=O)Nc3ccc(C(=O)O)cc3)SC2=Nc2ccc(Cl)cc2)cc1. The van der Waals surface area contributed by atoms with Gasteiger partial charge in [-0.25, -0.2) is 9.79 Å². The Balaban J connectivity index is 1.52. The Labute approximate surface area is 223 Å². The van der Waals surface area contributed by atoms with Gasteiger partial charge in [0.1, 0.15) is 11.0 Å². The van der Waals surface area contributed by atoms with Gasteiger partial charge in [0.2, 0.25) is 11.8 Å². The molecule has 37 heavy (non-hydrogen) atoms. The van der Waals surface area contributed by atoms with Crippen molar-refractivity contribution in [2.24, 2.45) is 4.99 Å². The molecule has 1 saturated heterocycles. The lowest BCUT2D eigenvalue weighted by molar-refractivity contribution is -0.129. The molecule has 3 aromatic rings. The van der Waals surface area contributed by atoms with E-state index < -0.39 is 11.2 Å². The van der Waals surface area contributed by atoms with Crippen LogP contribution in [0.15, 0.2) is 77.8 Å². The number of carbonyl (C=O) groups excluding carboxylic acids is 2. The van der Waals surface area contributed by atoms with E-state index in [-0.39, 0.29) is 23.8 Å². The Hall–Kier alpha value is -3.82. The van der Waals surface area contributed by atoms with Crippen molar-refractivity contribution >= 4 is 57.7 Å². The number of benzene rings is 3. The molecule has 190 valence electrons. The van der Waals surface area contributed by atoms with E-state index in [2.05, 4.69) is 10.3 Å². The van der Waals surface area contributed by atoms with Crippen LogP contribution in [0, 0.1) is 0 Å². The summed E-state index contributed by atoms with van der Waals surface area (Å²) in [6.07, 6.45) is 0.606. The van der Waals surface area contributed by atoms with Gasteiger partial charge in [0.25, 0.3) is 0 Å². The van der Waals surface area contributed by atoms with Crippen LogP contribution in [0.4, 0.5) is 11.4 Å². The molecule has 2 N–H and O–H groups in total. The van der Waals surface area contributed by atoms with E-state index >= 15 is 0 Å². The van der Waals surface area contributed by atoms with Crippen LogP contribution in [0.1, 0.15) is 22.3 Å². The van der Waals surface area contributed by atoms with E-state index in [1.54, 1.807) is 36.3 Å². The molecule has 1 unspecified atom stereocenters. The fourth-order valence-electron chi connectivity index (χ4n) is 3.64. The number of amides is 2. The molecule has 1 fully saturated rings. The van der Waals surface area contributed by atoms with E-state index in [0.717, 1.165) is 11.3 Å². The van der Waals surface area contributed by atoms with Crippen LogP contribution in [-0.4, -0.2) is 51.9 Å². The first-order valence-electron chi connectivity index (χ1n) is 11.4. The zero-order valence-corrected chi connectivity index (χ0v) is 21.5. The number of nitrogens with one attached hydrogen (secondary N) is 1. The molecule has 0 radical (unpaired) electrons. The van der Waals surface area contributed by atoms with Crippen molar-refractivity contribution in [2.45, 2.75) is 18.1 Å². The number of carbonyl (C=O) groups is 3. The molecule has 8 nitrogen and oxygen atoms in total. The number of carboxylic acids is 1. The number of hydrogen-bond acceptors (Lipinski definition) is 6. The number of amidine groups is 1. The molecule has 0 aromatic heterocycles. The van der Waals surface area contributed by atoms with Gasteiger partial charge in [0.15, 0.2) is 5.17 Å². The highest BCUT2D eigenvalue weighted by molar-refractivity contribution is 8.15. The topological polar surface area (TPSA) is 108 Å².